The Morgan fingerprint density at radius 1 is 1.19 bits per heavy atom. The first-order valence-corrected chi connectivity index (χ1v) is 9.59. The number of Topliss-reactive ketones (excluding diaryl/α,β-unsaturated/α-hetero) is 1. The monoisotopic (exact) mass is 374 g/mol. The molecule has 0 N–H and O–H groups in total. The molecule has 0 amide bonds. The molecule has 1 fully saturated rings. The number of esters is 2. The number of allylic oxidation sites excluding steroid dienone is 3. The first-order chi connectivity index (χ1) is 12.7. The molecule has 0 saturated carbocycles. The average molecular weight is 374 g/mol. The molecule has 0 aromatic heterocycles. The van der Waals surface area contributed by atoms with Crippen molar-refractivity contribution in [3.63, 3.8) is 0 Å². The van der Waals surface area contributed by atoms with Gasteiger partial charge in [-0.05, 0) is 59.0 Å². The highest BCUT2D eigenvalue weighted by Gasteiger charge is 2.41. The number of ether oxygens (including phenoxy) is 2. The molecule has 4 atom stereocenters. The van der Waals surface area contributed by atoms with Gasteiger partial charge in [0.25, 0.3) is 0 Å². The van der Waals surface area contributed by atoms with Gasteiger partial charge in [0.05, 0.1) is 5.92 Å². The van der Waals surface area contributed by atoms with Gasteiger partial charge in [0.1, 0.15) is 18.0 Å². The van der Waals surface area contributed by atoms with E-state index < -0.39 is 30.1 Å². The molecule has 5 nitrogen and oxygen atoms in total. The Hall–Kier alpha value is -2.17. The molecule has 1 saturated heterocycles. The van der Waals surface area contributed by atoms with E-state index in [0.29, 0.717) is 18.4 Å². The molecular weight excluding hydrogens is 344 g/mol. The number of rotatable bonds is 2. The van der Waals surface area contributed by atoms with Gasteiger partial charge >= 0.3 is 11.9 Å². The van der Waals surface area contributed by atoms with Crippen molar-refractivity contribution in [1.29, 1.82) is 0 Å². The highest BCUT2D eigenvalue weighted by Crippen LogP contribution is 2.36. The maximum atomic E-state index is 12.3. The maximum absolute atomic E-state index is 12.3. The van der Waals surface area contributed by atoms with E-state index in [1.54, 1.807) is 0 Å². The predicted molar refractivity (Wildman–Crippen MR) is 103 cm³/mol. The van der Waals surface area contributed by atoms with Gasteiger partial charge in [-0.25, -0.2) is 4.79 Å². The molecule has 148 valence electrons. The van der Waals surface area contributed by atoms with Gasteiger partial charge in [-0.3, -0.25) is 9.59 Å². The lowest BCUT2D eigenvalue weighted by molar-refractivity contribution is -0.152. The van der Waals surface area contributed by atoms with Gasteiger partial charge in [-0.15, -0.1) is 0 Å². The van der Waals surface area contributed by atoms with Crippen molar-refractivity contribution in [3.8, 4) is 0 Å². The third-order valence-corrected chi connectivity index (χ3v) is 5.45. The van der Waals surface area contributed by atoms with Gasteiger partial charge in [-0.2, -0.15) is 0 Å². The second-order valence-corrected chi connectivity index (χ2v) is 7.74. The molecular formula is C22H30O5. The lowest BCUT2D eigenvalue weighted by atomic mass is 9.82. The van der Waals surface area contributed by atoms with E-state index in [1.165, 1.54) is 19.4 Å². The summed E-state index contributed by atoms with van der Waals surface area (Å²) < 4.78 is 11.0. The minimum atomic E-state index is -0.596. The first kappa shape index (κ1) is 21.1. The van der Waals surface area contributed by atoms with Crippen LogP contribution in [0.15, 0.2) is 35.5 Å². The molecule has 0 bridgehead atoms. The summed E-state index contributed by atoms with van der Waals surface area (Å²) in [5.74, 6) is -1.57. The summed E-state index contributed by atoms with van der Waals surface area (Å²) in [7, 11) is 0. The van der Waals surface area contributed by atoms with Gasteiger partial charge in [0, 0.05) is 18.4 Å². The quantitative estimate of drug-likeness (QED) is 0.414. The van der Waals surface area contributed by atoms with E-state index >= 15 is 0 Å². The summed E-state index contributed by atoms with van der Waals surface area (Å²) in [6.07, 6.45) is 6.65. The zero-order valence-corrected chi connectivity index (χ0v) is 16.7. The Morgan fingerprint density at radius 3 is 2.52 bits per heavy atom. The van der Waals surface area contributed by atoms with E-state index in [4.69, 9.17) is 9.47 Å². The van der Waals surface area contributed by atoms with Crippen LogP contribution in [-0.4, -0.2) is 29.9 Å². The van der Waals surface area contributed by atoms with Crippen molar-refractivity contribution in [2.75, 3.05) is 0 Å². The summed E-state index contributed by atoms with van der Waals surface area (Å²) in [4.78, 5) is 36.1. The fraction of sp³-hybridized carbons (Fsp3) is 0.591. The molecule has 1 heterocycles. The number of carbonyl (C=O) groups excluding carboxylic acids is 3. The van der Waals surface area contributed by atoms with Crippen LogP contribution in [0.4, 0.5) is 0 Å². The largest absolute Gasteiger partial charge is 0.462 e. The highest BCUT2D eigenvalue weighted by molar-refractivity contribution is 5.91. The van der Waals surface area contributed by atoms with Gasteiger partial charge in [0.2, 0.25) is 0 Å². The van der Waals surface area contributed by atoms with Crippen LogP contribution in [0.2, 0.25) is 0 Å². The average Bonchev–Trinajstić information content (AvgIpc) is 2.81. The molecule has 5 heteroatoms. The van der Waals surface area contributed by atoms with Crippen molar-refractivity contribution in [3.05, 3.63) is 35.5 Å². The normalized spacial score (nSPS) is 33.8. The smallest absolute Gasteiger partial charge is 0.334 e. The molecule has 2 rings (SSSR count). The fourth-order valence-electron chi connectivity index (χ4n) is 3.86. The maximum Gasteiger partial charge on any atom is 0.334 e. The standard InChI is InChI=1S/C22H30O5/c1-13-7-6-8-14(2)11-20-19(15(3)22(25)27-20)12-21(26-17(5)24)18(10-9-13)16(4)23/h7,11,18-21H,3,6,8-10,12H2,1-2,4-5H3/b13-7+,14-11+/t18-,19-,20-,21+/m0/s1. The van der Waals surface area contributed by atoms with Crippen LogP contribution in [0, 0.1) is 11.8 Å². The topological polar surface area (TPSA) is 69.7 Å². The summed E-state index contributed by atoms with van der Waals surface area (Å²) in [6.45, 7) is 10.9. The second kappa shape index (κ2) is 9.16. The summed E-state index contributed by atoms with van der Waals surface area (Å²) >= 11 is 0. The molecule has 0 aromatic carbocycles. The fourth-order valence-corrected chi connectivity index (χ4v) is 3.86. The van der Waals surface area contributed by atoms with Crippen LogP contribution in [0.25, 0.3) is 0 Å². The Labute approximate surface area is 161 Å². The van der Waals surface area contributed by atoms with Crippen LogP contribution in [0.1, 0.15) is 59.8 Å². The minimum absolute atomic E-state index is 0.0111. The van der Waals surface area contributed by atoms with E-state index in [9.17, 15) is 14.4 Å². The van der Waals surface area contributed by atoms with Crippen LogP contribution in [0.3, 0.4) is 0 Å². The molecule has 0 radical (unpaired) electrons. The number of fused-ring (bicyclic) bond motifs is 1. The number of ketones is 1. The minimum Gasteiger partial charge on any atom is -0.462 e. The Morgan fingerprint density at radius 2 is 1.89 bits per heavy atom. The van der Waals surface area contributed by atoms with Gasteiger partial charge < -0.3 is 9.47 Å². The molecule has 0 aromatic rings. The van der Waals surface area contributed by atoms with Crippen molar-refractivity contribution < 1.29 is 23.9 Å². The SMILES string of the molecule is C=C1C(=O)O[C@H]2/C=C(\C)CC/C=C(\C)CC[C@@H](C(C)=O)[C@H](OC(C)=O)C[C@@H]12. The van der Waals surface area contributed by atoms with E-state index in [1.807, 2.05) is 13.0 Å². The third-order valence-electron chi connectivity index (χ3n) is 5.45. The van der Waals surface area contributed by atoms with Crippen LogP contribution in [-0.2, 0) is 23.9 Å². The summed E-state index contributed by atoms with van der Waals surface area (Å²) in [6, 6.07) is 0. The van der Waals surface area contributed by atoms with Gasteiger partial charge in [0.15, 0.2) is 0 Å². The third kappa shape index (κ3) is 5.65. The lowest BCUT2D eigenvalue weighted by Gasteiger charge is -2.28. The van der Waals surface area contributed by atoms with E-state index in [-0.39, 0.29) is 11.7 Å². The molecule has 1 aliphatic heterocycles. The lowest BCUT2D eigenvalue weighted by Crippen LogP contribution is -2.34. The van der Waals surface area contributed by atoms with Crippen LogP contribution < -0.4 is 0 Å². The number of hydrogen-bond donors (Lipinski definition) is 0. The molecule has 0 unspecified atom stereocenters. The first-order valence-electron chi connectivity index (χ1n) is 9.59. The summed E-state index contributed by atoms with van der Waals surface area (Å²) in [5, 5.41) is 0. The van der Waals surface area contributed by atoms with Gasteiger partial charge in [-0.1, -0.05) is 23.8 Å². The molecule has 0 spiro atoms. The van der Waals surface area contributed by atoms with Crippen molar-refractivity contribution in [2.45, 2.75) is 72.0 Å². The van der Waals surface area contributed by atoms with Crippen molar-refractivity contribution >= 4 is 17.7 Å². The molecule has 2 aliphatic rings. The number of carbonyl (C=O) groups is 3. The second-order valence-electron chi connectivity index (χ2n) is 7.74. The Bertz CT molecular complexity index is 685. The predicted octanol–water partition coefficient (Wildman–Crippen LogP) is 4.08. The number of hydrogen-bond acceptors (Lipinski definition) is 5. The van der Waals surface area contributed by atoms with Crippen molar-refractivity contribution in [2.24, 2.45) is 11.8 Å². The van der Waals surface area contributed by atoms with Crippen molar-refractivity contribution in [1.82, 2.24) is 0 Å². The molecule has 1 aliphatic carbocycles. The Kier molecular flexibility index (Phi) is 7.17. The molecule has 27 heavy (non-hydrogen) atoms. The van der Waals surface area contributed by atoms with E-state index in [2.05, 4.69) is 19.6 Å². The zero-order chi connectivity index (χ0) is 20.1. The summed E-state index contributed by atoms with van der Waals surface area (Å²) in [5.41, 5.74) is 2.75. The highest BCUT2D eigenvalue weighted by atomic mass is 16.6. The van der Waals surface area contributed by atoms with Crippen LogP contribution >= 0.6 is 0 Å². The van der Waals surface area contributed by atoms with Crippen LogP contribution in [0.5, 0.6) is 0 Å². The van der Waals surface area contributed by atoms with E-state index in [0.717, 1.165) is 24.8 Å². The zero-order valence-electron chi connectivity index (χ0n) is 16.7. The Balaban J connectivity index is 2.41.